The molecule has 0 aliphatic heterocycles. The van der Waals surface area contributed by atoms with Gasteiger partial charge in [-0.15, -0.1) is 0 Å². The molecule has 0 aliphatic rings. The van der Waals surface area contributed by atoms with Crippen molar-refractivity contribution in [3.8, 4) is 39.9 Å². The lowest BCUT2D eigenvalue weighted by Crippen LogP contribution is -2.09. The summed E-state index contributed by atoms with van der Waals surface area (Å²) in [5.74, 6) is 4.10. The number of fused-ring (bicyclic) bond motifs is 6. The normalized spacial score (nSPS) is 11.4. The highest BCUT2D eigenvalue weighted by atomic mass is 16.5. The van der Waals surface area contributed by atoms with Crippen LogP contribution in [-0.4, -0.2) is 33.0 Å². The topological polar surface area (TPSA) is 49.4 Å². The first-order valence-electron chi connectivity index (χ1n) is 28.3. The van der Waals surface area contributed by atoms with Gasteiger partial charge in [0.2, 0.25) is 0 Å². The van der Waals surface area contributed by atoms with Crippen molar-refractivity contribution >= 4 is 49.4 Å². The first-order valence-corrected chi connectivity index (χ1v) is 28.3. The number of nitrogens with zero attached hydrogens (tertiary/aromatic N) is 1. The van der Waals surface area contributed by atoms with Crippen LogP contribution in [0, 0.1) is 0 Å². The Kier molecular flexibility index (Phi) is 22.2. The van der Waals surface area contributed by atoms with E-state index in [4.69, 9.17) is 23.7 Å². The summed E-state index contributed by atoms with van der Waals surface area (Å²) in [6, 6.07) is 43.9. The van der Waals surface area contributed by atoms with E-state index in [0.717, 1.165) is 153 Å². The predicted molar refractivity (Wildman–Crippen MR) is 307 cm³/mol. The Morgan fingerprint density at radius 3 is 0.875 bits per heavy atom. The van der Waals surface area contributed by atoms with E-state index >= 15 is 0 Å². The lowest BCUT2D eigenvalue weighted by atomic mass is 9.90. The van der Waals surface area contributed by atoms with Crippen molar-refractivity contribution < 1.29 is 23.7 Å². The molecule has 0 saturated heterocycles. The van der Waals surface area contributed by atoms with Crippen molar-refractivity contribution in [3.05, 3.63) is 121 Å². The van der Waals surface area contributed by atoms with Crippen LogP contribution in [-0.2, 0) is 0 Å². The van der Waals surface area contributed by atoms with E-state index in [1.807, 2.05) is 0 Å². The molecule has 0 atom stereocenters. The maximum atomic E-state index is 6.95. The fraction of sp³-hybridized carbons (Fsp3) is 0.455. The molecule has 0 spiro atoms. The van der Waals surface area contributed by atoms with Gasteiger partial charge in [0.1, 0.15) is 5.75 Å². The van der Waals surface area contributed by atoms with Gasteiger partial charge in [0.05, 0.1) is 33.0 Å². The molecule has 0 unspecified atom stereocenters. The highest BCUT2D eigenvalue weighted by Gasteiger charge is 2.21. The zero-order valence-electron chi connectivity index (χ0n) is 44.7. The monoisotopic (exact) mass is 972 g/mol. The molecular weight excluding hydrogens is 887 g/mol. The number of unbranched alkanes of at least 4 members (excludes halogenated alkanes) is 15. The zero-order valence-corrected chi connectivity index (χ0v) is 44.7. The van der Waals surface area contributed by atoms with Crippen LogP contribution < -0.4 is 28.6 Å². The Morgan fingerprint density at radius 1 is 0.278 bits per heavy atom. The van der Waals surface area contributed by atoms with Crippen LogP contribution in [0.1, 0.15) is 163 Å². The van der Waals surface area contributed by atoms with Crippen LogP contribution in [0.2, 0.25) is 0 Å². The molecule has 7 aromatic rings. The van der Waals surface area contributed by atoms with E-state index in [9.17, 15) is 0 Å². The van der Waals surface area contributed by atoms with Gasteiger partial charge in [0.15, 0.2) is 23.0 Å². The van der Waals surface area contributed by atoms with Crippen molar-refractivity contribution in [3.63, 3.8) is 0 Å². The van der Waals surface area contributed by atoms with Crippen molar-refractivity contribution in [1.82, 2.24) is 0 Å². The lowest BCUT2D eigenvalue weighted by molar-refractivity contribution is 0.259. The number of ether oxygens (including phenoxy) is 5. The fourth-order valence-electron chi connectivity index (χ4n) is 9.78. The zero-order chi connectivity index (χ0) is 50.2. The van der Waals surface area contributed by atoms with Gasteiger partial charge in [-0.1, -0.05) is 179 Å². The van der Waals surface area contributed by atoms with Gasteiger partial charge in [0.25, 0.3) is 0 Å². The highest BCUT2D eigenvalue weighted by Crippen LogP contribution is 2.48. The van der Waals surface area contributed by atoms with E-state index in [2.05, 4.69) is 161 Å². The first-order chi connectivity index (χ1) is 35.6. The molecule has 0 aliphatic carbocycles. The summed E-state index contributed by atoms with van der Waals surface area (Å²) in [5, 5.41) is 6.71. The van der Waals surface area contributed by atoms with Crippen molar-refractivity contribution in [1.29, 1.82) is 0 Å². The molecule has 7 aromatic carbocycles. The average Bonchev–Trinajstić information content (AvgIpc) is 3.41. The molecule has 0 amide bonds. The molecule has 0 bridgehead atoms. The fourth-order valence-corrected chi connectivity index (χ4v) is 9.78. The lowest BCUT2D eigenvalue weighted by Gasteiger charge is -2.25. The largest absolute Gasteiger partial charge is 0.493 e. The third kappa shape index (κ3) is 14.9. The van der Waals surface area contributed by atoms with Gasteiger partial charge in [-0.05, 0) is 143 Å². The Morgan fingerprint density at radius 2 is 0.556 bits per heavy atom. The minimum atomic E-state index is 0.648. The molecule has 72 heavy (non-hydrogen) atoms. The number of benzene rings is 7. The van der Waals surface area contributed by atoms with Crippen molar-refractivity contribution in [2.75, 3.05) is 37.9 Å². The standard InChI is InChI=1S/C66H85NO5/c1-6-11-16-27-40-68-62-46-57-56(45-55(62)51-36-38-54(39-37-51)67(52-32-23-21-24-33-52)53-34-25-22-26-35-53)58-47-63(69-41-28-17-12-7-2)65(71-43-30-19-14-9-4)49-60(58)61-50-66(72-44-31-20-15-10-5)64(48-59(57)61)70-42-29-18-13-8-3/h21-26,32-39,45-50H,6-20,27-31,40-44H2,1-5H3. The average molecular weight is 972 g/mol. The quantitative estimate of drug-likeness (QED) is 0.0296. The molecular formula is C66H85NO5. The molecule has 0 saturated carbocycles. The second kappa shape index (κ2) is 29.6. The molecule has 0 radical (unpaired) electrons. The number of anilines is 3. The van der Waals surface area contributed by atoms with E-state index in [0.29, 0.717) is 33.0 Å². The number of hydrogen-bond donors (Lipinski definition) is 0. The van der Waals surface area contributed by atoms with Gasteiger partial charge in [-0.3, -0.25) is 0 Å². The van der Waals surface area contributed by atoms with Gasteiger partial charge in [0, 0.05) is 22.6 Å². The van der Waals surface area contributed by atoms with Crippen LogP contribution in [0.5, 0.6) is 28.7 Å². The number of rotatable bonds is 34. The van der Waals surface area contributed by atoms with Gasteiger partial charge >= 0.3 is 0 Å². The first kappa shape index (κ1) is 53.9. The smallest absolute Gasteiger partial charge is 0.161 e. The molecule has 6 nitrogen and oxygen atoms in total. The van der Waals surface area contributed by atoms with Crippen LogP contribution in [0.15, 0.2) is 121 Å². The number of para-hydroxylation sites is 2. The van der Waals surface area contributed by atoms with Gasteiger partial charge in [-0.25, -0.2) is 0 Å². The SMILES string of the molecule is CCCCCCOc1cc2c3cc(OCCCCCC)c(OCCCCCC)cc3c3cc(-c4ccc(N(c5ccccc5)c5ccccc5)cc4)c(OCCCCCC)cc3c2cc1OCCCCCC. The molecule has 0 aromatic heterocycles. The van der Waals surface area contributed by atoms with Crippen LogP contribution >= 0.6 is 0 Å². The van der Waals surface area contributed by atoms with Crippen molar-refractivity contribution in [2.24, 2.45) is 0 Å². The number of hydrogen-bond acceptors (Lipinski definition) is 6. The summed E-state index contributed by atoms with van der Waals surface area (Å²) in [5.41, 5.74) is 5.47. The van der Waals surface area contributed by atoms with Gasteiger partial charge in [-0.2, -0.15) is 0 Å². The third-order valence-electron chi connectivity index (χ3n) is 13.9. The Labute approximate surface area is 433 Å². The Bertz CT molecular complexity index is 2570. The third-order valence-corrected chi connectivity index (χ3v) is 13.9. The summed E-state index contributed by atoms with van der Waals surface area (Å²) in [6.07, 6.45) is 22.7. The van der Waals surface area contributed by atoms with E-state index < -0.39 is 0 Å². The summed E-state index contributed by atoms with van der Waals surface area (Å²) in [7, 11) is 0. The van der Waals surface area contributed by atoms with Crippen LogP contribution in [0.3, 0.4) is 0 Å². The second-order valence-electron chi connectivity index (χ2n) is 19.7. The van der Waals surface area contributed by atoms with Gasteiger partial charge < -0.3 is 28.6 Å². The summed E-state index contributed by atoms with van der Waals surface area (Å²) < 4.78 is 33.9. The van der Waals surface area contributed by atoms with Crippen molar-refractivity contribution in [2.45, 2.75) is 163 Å². The Hall–Kier alpha value is -5.88. The summed E-state index contributed by atoms with van der Waals surface area (Å²) >= 11 is 0. The molecule has 0 N–H and O–H groups in total. The predicted octanol–water partition coefficient (Wildman–Crippen LogP) is 20.1. The molecule has 384 valence electrons. The molecule has 0 fully saturated rings. The van der Waals surface area contributed by atoms with Crippen LogP contribution in [0.4, 0.5) is 17.1 Å². The molecule has 7 rings (SSSR count). The van der Waals surface area contributed by atoms with E-state index in [1.165, 1.54) is 64.2 Å². The van der Waals surface area contributed by atoms with E-state index in [1.54, 1.807) is 0 Å². The second-order valence-corrected chi connectivity index (χ2v) is 19.7. The Balaban J connectivity index is 1.44. The summed E-state index contributed by atoms with van der Waals surface area (Å²) in [4.78, 5) is 2.31. The molecule has 0 heterocycles. The minimum Gasteiger partial charge on any atom is -0.493 e. The molecule has 6 heteroatoms. The minimum absolute atomic E-state index is 0.648. The van der Waals surface area contributed by atoms with Crippen LogP contribution in [0.25, 0.3) is 43.4 Å². The highest BCUT2D eigenvalue weighted by molar-refractivity contribution is 6.27. The summed E-state index contributed by atoms with van der Waals surface area (Å²) in [6.45, 7) is 14.5. The van der Waals surface area contributed by atoms with E-state index in [-0.39, 0.29) is 0 Å². The maximum absolute atomic E-state index is 6.95. The maximum Gasteiger partial charge on any atom is 0.161 e.